The number of aromatic nitrogens is 1. The van der Waals surface area contributed by atoms with E-state index in [0.29, 0.717) is 34.6 Å². The zero-order chi connectivity index (χ0) is 19.3. The average Bonchev–Trinajstić information content (AvgIpc) is 3.28. The Morgan fingerprint density at radius 2 is 2.11 bits per heavy atom. The van der Waals surface area contributed by atoms with Gasteiger partial charge < -0.3 is 14.6 Å². The zero-order valence-electron chi connectivity index (χ0n) is 15.9. The molecule has 3 unspecified atom stereocenters. The second-order valence-corrected chi connectivity index (χ2v) is 9.98. The number of oxazole rings is 1. The van der Waals surface area contributed by atoms with Crippen molar-refractivity contribution in [2.45, 2.75) is 61.9 Å². The van der Waals surface area contributed by atoms with Crippen molar-refractivity contribution in [3.63, 3.8) is 0 Å². The summed E-state index contributed by atoms with van der Waals surface area (Å²) in [6, 6.07) is 6.98. The quantitative estimate of drug-likeness (QED) is 0.774. The minimum absolute atomic E-state index is 0.0479. The first-order valence-corrected chi connectivity index (χ1v) is 11.3. The van der Waals surface area contributed by atoms with Crippen LogP contribution in [0.4, 0.5) is 0 Å². The first-order chi connectivity index (χ1) is 13.6. The molecule has 3 aliphatic heterocycles. The number of nitrogens with one attached hydrogen (secondary N) is 1. The van der Waals surface area contributed by atoms with Crippen molar-refractivity contribution in [2.75, 3.05) is 7.05 Å². The molecule has 1 aromatic carbocycles. The van der Waals surface area contributed by atoms with Crippen LogP contribution in [0.5, 0.6) is 0 Å². The Labute approximate surface area is 173 Å². The summed E-state index contributed by atoms with van der Waals surface area (Å²) in [6.45, 7) is 0. The smallest absolute Gasteiger partial charge is 0.253 e. The number of hydrogen-bond donors (Lipinski definition) is 1. The first kappa shape index (κ1) is 18.5. The molecule has 0 saturated carbocycles. The van der Waals surface area contributed by atoms with Crippen LogP contribution in [-0.4, -0.2) is 41.0 Å². The molecule has 1 N–H and O–H groups in total. The normalized spacial score (nSPS) is 30.4. The largest absolute Gasteiger partial charge is 0.439 e. The van der Waals surface area contributed by atoms with Gasteiger partial charge in [-0.2, -0.15) is 0 Å². The number of benzene rings is 1. The minimum Gasteiger partial charge on any atom is -0.439 e. The maximum absolute atomic E-state index is 13.1. The molecule has 1 aromatic heterocycles. The highest BCUT2D eigenvalue weighted by Gasteiger charge is 2.36. The number of allylic oxidation sites excluding steroid dienone is 1. The minimum atomic E-state index is -0.0479. The molecule has 5 rings (SSSR count). The van der Waals surface area contributed by atoms with E-state index in [-0.39, 0.29) is 17.2 Å². The van der Waals surface area contributed by atoms with Gasteiger partial charge in [-0.15, -0.1) is 11.8 Å². The van der Waals surface area contributed by atoms with Crippen molar-refractivity contribution in [2.24, 2.45) is 0 Å². The summed E-state index contributed by atoms with van der Waals surface area (Å²) in [5, 5.41) is 3.37. The van der Waals surface area contributed by atoms with Gasteiger partial charge in [0.25, 0.3) is 5.91 Å². The molecule has 2 saturated heterocycles. The van der Waals surface area contributed by atoms with E-state index in [0.717, 1.165) is 23.6 Å². The van der Waals surface area contributed by atoms with E-state index in [4.69, 9.17) is 16.0 Å². The second kappa shape index (κ2) is 7.39. The van der Waals surface area contributed by atoms with Gasteiger partial charge in [0.1, 0.15) is 5.52 Å². The summed E-state index contributed by atoms with van der Waals surface area (Å²) in [7, 11) is 2.23. The third-order valence-electron chi connectivity index (χ3n) is 6.38. The van der Waals surface area contributed by atoms with Crippen molar-refractivity contribution < 1.29 is 9.21 Å². The van der Waals surface area contributed by atoms with Crippen molar-refractivity contribution in [3.05, 3.63) is 40.1 Å². The van der Waals surface area contributed by atoms with E-state index < -0.39 is 0 Å². The lowest BCUT2D eigenvalue weighted by Crippen LogP contribution is -2.55. The van der Waals surface area contributed by atoms with Crippen LogP contribution in [0.15, 0.2) is 33.1 Å². The molecule has 5 nitrogen and oxygen atoms in total. The Morgan fingerprint density at radius 3 is 2.82 bits per heavy atom. The lowest BCUT2D eigenvalue weighted by molar-refractivity contribution is 0.0463. The van der Waals surface area contributed by atoms with Gasteiger partial charge in [0.2, 0.25) is 5.89 Å². The summed E-state index contributed by atoms with van der Waals surface area (Å²) in [6.07, 6.45) is 8.61. The maximum atomic E-state index is 13.1. The molecular formula is C21H24ClN3O2S. The molecule has 1 amide bonds. The van der Waals surface area contributed by atoms with Crippen LogP contribution in [0.1, 0.15) is 60.0 Å². The van der Waals surface area contributed by atoms with E-state index in [9.17, 15) is 4.79 Å². The van der Waals surface area contributed by atoms with Crippen LogP contribution in [0, 0.1) is 0 Å². The Hall–Kier alpha value is -1.50. The molecule has 2 bridgehead atoms. The van der Waals surface area contributed by atoms with Crippen molar-refractivity contribution in [3.8, 4) is 0 Å². The fourth-order valence-corrected chi connectivity index (χ4v) is 6.14. The van der Waals surface area contributed by atoms with Crippen molar-refractivity contribution >= 4 is 40.4 Å². The van der Waals surface area contributed by atoms with Gasteiger partial charge in [0.15, 0.2) is 5.58 Å². The van der Waals surface area contributed by atoms with Gasteiger partial charge in [-0.3, -0.25) is 4.79 Å². The van der Waals surface area contributed by atoms with Crippen LogP contribution in [0.25, 0.3) is 11.1 Å². The monoisotopic (exact) mass is 417 g/mol. The molecule has 7 heteroatoms. The fraction of sp³-hybridized carbons (Fsp3) is 0.524. The van der Waals surface area contributed by atoms with Gasteiger partial charge in [-0.1, -0.05) is 30.2 Å². The van der Waals surface area contributed by atoms with Gasteiger partial charge in [0, 0.05) is 18.1 Å². The summed E-state index contributed by atoms with van der Waals surface area (Å²) >= 11 is 7.63. The van der Waals surface area contributed by atoms with Gasteiger partial charge in [0.05, 0.1) is 15.2 Å². The van der Waals surface area contributed by atoms with E-state index in [1.54, 1.807) is 11.8 Å². The third kappa shape index (κ3) is 3.36. The number of thioether (sulfide) groups is 1. The van der Waals surface area contributed by atoms with E-state index in [1.807, 2.05) is 24.3 Å². The molecule has 2 aromatic rings. The first-order valence-electron chi connectivity index (χ1n) is 10.0. The van der Waals surface area contributed by atoms with Crippen molar-refractivity contribution in [1.82, 2.24) is 15.2 Å². The number of rotatable bonds is 3. The Balaban J connectivity index is 1.35. The molecule has 4 heterocycles. The fourth-order valence-electron chi connectivity index (χ4n) is 4.87. The zero-order valence-corrected chi connectivity index (χ0v) is 17.4. The highest BCUT2D eigenvalue weighted by molar-refractivity contribution is 8.05. The number of amides is 1. The topological polar surface area (TPSA) is 58.4 Å². The molecular weight excluding hydrogens is 394 g/mol. The average molecular weight is 418 g/mol. The van der Waals surface area contributed by atoms with E-state index >= 15 is 0 Å². The summed E-state index contributed by atoms with van der Waals surface area (Å²) < 4.78 is 6.72. The number of piperidine rings is 2. The van der Waals surface area contributed by atoms with Crippen LogP contribution < -0.4 is 5.32 Å². The standard InChI is InChI=1S/C21H24ClN3O2S/c1-25-13-4-2-5-14(25)11-12(10-13)23-20(26)15-6-3-7-16-19(15)24-21(27-16)17-8-9-18(22)28-17/h3,6-7,9,12-14,17H,2,4-5,8,10-11H2,1H3,(H,23,26). The van der Waals surface area contributed by atoms with Crippen LogP contribution >= 0.6 is 23.4 Å². The number of nitrogens with zero attached hydrogens (tertiary/aromatic N) is 2. The van der Waals surface area contributed by atoms with Gasteiger partial charge in [-0.25, -0.2) is 4.98 Å². The molecule has 0 spiro atoms. The SMILES string of the molecule is CN1C2CCCC1CC(NC(=O)c1cccc3oc(C4CC=C(Cl)S4)nc13)C2. The van der Waals surface area contributed by atoms with Crippen molar-refractivity contribution in [1.29, 1.82) is 0 Å². The number of carbonyl (C=O) groups is 1. The van der Waals surface area contributed by atoms with Crippen LogP contribution in [0.2, 0.25) is 0 Å². The van der Waals surface area contributed by atoms with Gasteiger partial charge in [-0.05, 0) is 51.3 Å². The van der Waals surface area contributed by atoms with Gasteiger partial charge >= 0.3 is 0 Å². The predicted molar refractivity (Wildman–Crippen MR) is 113 cm³/mol. The lowest BCUT2D eigenvalue weighted by atomic mass is 9.82. The summed E-state index contributed by atoms with van der Waals surface area (Å²) in [4.78, 5) is 20.2. The summed E-state index contributed by atoms with van der Waals surface area (Å²) in [5.41, 5.74) is 1.90. The van der Waals surface area contributed by atoms with E-state index in [2.05, 4.69) is 22.2 Å². The second-order valence-electron chi connectivity index (χ2n) is 8.10. The molecule has 28 heavy (non-hydrogen) atoms. The molecule has 3 aliphatic rings. The molecule has 3 atom stereocenters. The Kier molecular flexibility index (Phi) is 4.89. The molecule has 2 fully saturated rings. The molecule has 0 aliphatic carbocycles. The highest BCUT2D eigenvalue weighted by Crippen LogP contribution is 2.45. The maximum Gasteiger partial charge on any atom is 0.253 e. The Morgan fingerprint density at radius 1 is 1.32 bits per heavy atom. The van der Waals surface area contributed by atoms with E-state index in [1.165, 1.54) is 19.3 Å². The third-order valence-corrected chi connectivity index (χ3v) is 7.87. The predicted octanol–water partition coefficient (Wildman–Crippen LogP) is 4.83. The number of carbonyl (C=O) groups excluding carboxylic acids is 1. The van der Waals surface area contributed by atoms with Crippen LogP contribution in [-0.2, 0) is 0 Å². The number of fused-ring (bicyclic) bond motifs is 3. The lowest BCUT2D eigenvalue weighted by Gasteiger charge is -2.47. The molecule has 0 radical (unpaired) electrons. The highest BCUT2D eigenvalue weighted by atomic mass is 35.5. The van der Waals surface area contributed by atoms with Crippen LogP contribution in [0.3, 0.4) is 0 Å². The molecule has 148 valence electrons. The summed E-state index contributed by atoms with van der Waals surface area (Å²) in [5.74, 6) is 0.592. The Bertz CT molecular complexity index is 929. The number of hydrogen-bond acceptors (Lipinski definition) is 5. The number of para-hydroxylation sites is 1. The number of halogens is 1.